The minimum Gasteiger partial charge on any atom is -0.454 e. The molecule has 1 atom stereocenters. The Morgan fingerprint density at radius 1 is 1.29 bits per heavy atom. The number of piperidine rings is 1. The number of hydrogen-bond donors (Lipinski definition) is 0. The van der Waals surface area contributed by atoms with Gasteiger partial charge in [0.1, 0.15) is 6.54 Å². The summed E-state index contributed by atoms with van der Waals surface area (Å²) in [4.78, 5) is 30.5. The van der Waals surface area contributed by atoms with E-state index in [2.05, 4.69) is 11.9 Å². The third kappa shape index (κ3) is 3.58. The minimum absolute atomic E-state index is 0.0605. The highest BCUT2D eigenvalue weighted by molar-refractivity contribution is 5.82. The van der Waals surface area contributed by atoms with Crippen LogP contribution in [0.3, 0.4) is 0 Å². The van der Waals surface area contributed by atoms with E-state index in [9.17, 15) is 9.59 Å². The van der Waals surface area contributed by atoms with Crippen LogP contribution in [0.4, 0.5) is 0 Å². The van der Waals surface area contributed by atoms with Crippen molar-refractivity contribution in [1.82, 2.24) is 14.5 Å². The second-order valence-corrected chi connectivity index (χ2v) is 6.17. The second-order valence-electron chi connectivity index (χ2n) is 6.17. The van der Waals surface area contributed by atoms with Gasteiger partial charge in [0.2, 0.25) is 0 Å². The molecule has 1 aliphatic heterocycles. The van der Waals surface area contributed by atoms with E-state index in [1.54, 1.807) is 10.9 Å². The van der Waals surface area contributed by atoms with E-state index >= 15 is 0 Å². The van der Waals surface area contributed by atoms with Crippen LogP contribution >= 0.6 is 0 Å². The summed E-state index contributed by atoms with van der Waals surface area (Å²) in [7, 11) is 0. The van der Waals surface area contributed by atoms with Crippen molar-refractivity contribution >= 4 is 22.9 Å². The molecule has 1 fully saturated rings. The Bertz CT molecular complexity index is 725. The first-order valence-electron chi connectivity index (χ1n) is 8.54. The van der Waals surface area contributed by atoms with Crippen LogP contribution in [-0.4, -0.2) is 45.5 Å². The number of amides is 1. The van der Waals surface area contributed by atoms with Gasteiger partial charge in [-0.2, -0.15) is 0 Å². The van der Waals surface area contributed by atoms with Crippen molar-refractivity contribution in [2.75, 3.05) is 13.2 Å². The number of hydrogen-bond acceptors (Lipinski definition) is 4. The van der Waals surface area contributed by atoms with Crippen molar-refractivity contribution in [3.05, 3.63) is 30.6 Å². The first-order chi connectivity index (χ1) is 11.7. The highest BCUT2D eigenvalue weighted by atomic mass is 16.5. The van der Waals surface area contributed by atoms with Gasteiger partial charge in [-0.1, -0.05) is 19.1 Å². The standard InChI is InChI=1S/C18H23N3O3/c1-2-14-7-5-6-10-21(14)17(22)12-24-18(23)11-20-13-19-15-8-3-4-9-16(15)20/h3-4,8-9,13-14H,2,5-7,10-12H2,1H3/t14-/m1/s1. The Hall–Kier alpha value is -2.37. The summed E-state index contributed by atoms with van der Waals surface area (Å²) in [5.74, 6) is -0.512. The van der Waals surface area contributed by atoms with Crippen LogP contribution in [0.1, 0.15) is 32.6 Å². The normalized spacial score (nSPS) is 17.9. The summed E-state index contributed by atoms with van der Waals surface area (Å²) in [5.41, 5.74) is 1.71. The maximum Gasteiger partial charge on any atom is 0.326 e. The molecule has 24 heavy (non-hydrogen) atoms. The third-order valence-corrected chi connectivity index (χ3v) is 4.60. The maximum absolute atomic E-state index is 12.3. The van der Waals surface area contributed by atoms with Crippen LogP contribution in [-0.2, 0) is 20.9 Å². The molecular weight excluding hydrogens is 306 g/mol. The van der Waals surface area contributed by atoms with Gasteiger partial charge in [0.25, 0.3) is 5.91 Å². The Labute approximate surface area is 141 Å². The van der Waals surface area contributed by atoms with E-state index in [1.807, 2.05) is 29.2 Å². The van der Waals surface area contributed by atoms with Gasteiger partial charge in [-0.25, -0.2) is 4.98 Å². The molecule has 2 heterocycles. The molecular formula is C18H23N3O3. The summed E-state index contributed by atoms with van der Waals surface area (Å²) < 4.78 is 6.93. The van der Waals surface area contributed by atoms with Crippen LogP contribution < -0.4 is 0 Å². The highest BCUT2D eigenvalue weighted by Crippen LogP contribution is 2.19. The lowest BCUT2D eigenvalue weighted by Gasteiger charge is -2.35. The molecule has 6 nitrogen and oxygen atoms in total. The molecule has 0 saturated carbocycles. The quantitative estimate of drug-likeness (QED) is 0.790. The molecule has 1 aliphatic rings. The SMILES string of the molecule is CC[C@@H]1CCCCN1C(=O)COC(=O)Cn1cnc2ccccc21. The fourth-order valence-corrected chi connectivity index (χ4v) is 3.30. The predicted molar refractivity (Wildman–Crippen MR) is 90.3 cm³/mol. The number of likely N-dealkylation sites (tertiary alicyclic amines) is 1. The number of benzene rings is 1. The van der Waals surface area contributed by atoms with E-state index in [4.69, 9.17) is 4.74 Å². The topological polar surface area (TPSA) is 64.4 Å². The average Bonchev–Trinajstić information content (AvgIpc) is 3.02. The summed E-state index contributed by atoms with van der Waals surface area (Å²) >= 11 is 0. The Morgan fingerprint density at radius 2 is 2.12 bits per heavy atom. The zero-order chi connectivity index (χ0) is 16.9. The molecule has 1 aromatic heterocycles. The first kappa shape index (κ1) is 16.5. The minimum atomic E-state index is -0.420. The van der Waals surface area contributed by atoms with Crippen molar-refractivity contribution in [3.63, 3.8) is 0 Å². The second kappa shape index (κ2) is 7.47. The Kier molecular flexibility index (Phi) is 5.13. The summed E-state index contributed by atoms with van der Waals surface area (Å²) in [6.07, 6.45) is 5.79. The number of para-hydroxylation sites is 2. The summed E-state index contributed by atoms with van der Waals surface area (Å²) in [6, 6.07) is 7.88. The lowest BCUT2D eigenvalue weighted by molar-refractivity contribution is -0.154. The van der Waals surface area contributed by atoms with Gasteiger partial charge in [0.15, 0.2) is 6.61 Å². The number of ether oxygens (including phenoxy) is 1. The summed E-state index contributed by atoms with van der Waals surface area (Å²) in [5, 5.41) is 0. The van der Waals surface area contributed by atoms with Gasteiger partial charge in [-0.05, 0) is 37.8 Å². The zero-order valence-electron chi connectivity index (χ0n) is 14.0. The molecule has 128 valence electrons. The Balaban J connectivity index is 1.54. The molecule has 0 aliphatic carbocycles. The van der Waals surface area contributed by atoms with Crippen LogP contribution in [0.15, 0.2) is 30.6 Å². The van der Waals surface area contributed by atoms with Gasteiger partial charge in [-0.15, -0.1) is 0 Å². The predicted octanol–water partition coefficient (Wildman–Crippen LogP) is 2.37. The molecule has 0 radical (unpaired) electrons. The molecule has 3 rings (SSSR count). The van der Waals surface area contributed by atoms with E-state index in [-0.39, 0.29) is 25.1 Å². The number of fused-ring (bicyclic) bond motifs is 1. The van der Waals surface area contributed by atoms with Crippen molar-refractivity contribution < 1.29 is 14.3 Å². The smallest absolute Gasteiger partial charge is 0.326 e. The van der Waals surface area contributed by atoms with Crippen molar-refractivity contribution in [2.45, 2.75) is 45.2 Å². The van der Waals surface area contributed by atoms with Gasteiger partial charge < -0.3 is 14.2 Å². The molecule has 0 unspecified atom stereocenters. The molecule has 1 saturated heterocycles. The third-order valence-electron chi connectivity index (χ3n) is 4.60. The number of nitrogens with zero attached hydrogens (tertiary/aromatic N) is 3. The van der Waals surface area contributed by atoms with Crippen molar-refractivity contribution in [3.8, 4) is 0 Å². The van der Waals surface area contributed by atoms with Gasteiger partial charge in [0.05, 0.1) is 17.4 Å². The molecule has 6 heteroatoms. The van der Waals surface area contributed by atoms with E-state index in [1.165, 1.54) is 0 Å². The Morgan fingerprint density at radius 3 is 2.96 bits per heavy atom. The van der Waals surface area contributed by atoms with E-state index in [0.29, 0.717) is 0 Å². The van der Waals surface area contributed by atoms with Crippen molar-refractivity contribution in [1.29, 1.82) is 0 Å². The number of carbonyl (C=O) groups excluding carboxylic acids is 2. The molecule has 1 aromatic carbocycles. The zero-order valence-corrected chi connectivity index (χ0v) is 14.0. The van der Waals surface area contributed by atoms with E-state index < -0.39 is 5.97 Å². The molecule has 1 amide bonds. The largest absolute Gasteiger partial charge is 0.454 e. The monoisotopic (exact) mass is 329 g/mol. The number of aromatic nitrogens is 2. The van der Waals surface area contributed by atoms with Crippen LogP contribution in [0.5, 0.6) is 0 Å². The van der Waals surface area contributed by atoms with Crippen LogP contribution in [0.25, 0.3) is 11.0 Å². The lowest BCUT2D eigenvalue weighted by atomic mass is 10.00. The fraction of sp³-hybridized carbons (Fsp3) is 0.500. The van der Waals surface area contributed by atoms with Crippen LogP contribution in [0.2, 0.25) is 0 Å². The van der Waals surface area contributed by atoms with Gasteiger partial charge >= 0.3 is 5.97 Å². The molecule has 0 N–H and O–H groups in total. The molecule has 0 bridgehead atoms. The highest BCUT2D eigenvalue weighted by Gasteiger charge is 2.25. The number of carbonyl (C=O) groups is 2. The first-order valence-corrected chi connectivity index (χ1v) is 8.54. The van der Waals surface area contributed by atoms with Gasteiger partial charge in [0, 0.05) is 12.6 Å². The number of imidazole rings is 1. The fourth-order valence-electron chi connectivity index (χ4n) is 3.30. The lowest BCUT2D eigenvalue weighted by Crippen LogP contribution is -2.45. The average molecular weight is 329 g/mol. The summed E-state index contributed by atoms with van der Waals surface area (Å²) in [6.45, 7) is 2.74. The molecule has 0 spiro atoms. The van der Waals surface area contributed by atoms with Crippen molar-refractivity contribution in [2.24, 2.45) is 0 Å². The molecule has 2 aromatic rings. The van der Waals surface area contributed by atoms with Crippen LogP contribution in [0, 0.1) is 0 Å². The number of esters is 1. The van der Waals surface area contributed by atoms with Gasteiger partial charge in [-0.3, -0.25) is 9.59 Å². The number of rotatable bonds is 5. The maximum atomic E-state index is 12.3. The van der Waals surface area contributed by atoms with E-state index in [0.717, 1.165) is 43.3 Å².